The number of hydrogen-bond acceptors (Lipinski definition) is 4. The van der Waals surface area contributed by atoms with Gasteiger partial charge in [-0.2, -0.15) is 0 Å². The van der Waals surface area contributed by atoms with Gasteiger partial charge in [0.1, 0.15) is 5.75 Å². The van der Waals surface area contributed by atoms with Crippen LogP contribution in [0.1, 0.15) is 22.4 Å². The van der Waals surface area contributed by atoms with Crippen molar-refractivity contribution in [3.8, 4) is 22.8 Å². The molecule has 4 nitrogen and oxygen atoms in total. The van der Waals surface area contributed by atoms with E-state index < -0.39 is 0 Å². The van der Waals surface area contributed by atoms with E-state index in [1.165, 1.54) is 22.3 Å². The van der Waals surface area contributed by atoms with Crippen molar-refractivity contribution in [2.24, 2.45) is 0 Å². The van der Waals surface area contributed by atoms with Crippen molar-refractivity contribution in [1.29, 1.82) is 0 Å². The lowest BCUT2D eigenvalue weighted by molar-refractivity contribution is 0.461. The molecule has 0 aliphatic heterocycles. The fourth-order valence-corrected chi connectivity index (χ4v) is 3.48. The van der Waals surface area contributed by atoms with Gasteiger partial charge in [-0.3, -0.25) is 4.98 Å². The highest BCUT2D eigenvalue weighted by Gasteiger charge is 2.08. The summed E-state index contributed by atoms with van der Waals surface area (Å²) in [5.41, 5.74) is 7.91. The summed E-state index contributed by atoms with van der Waals surface area (Å²) in [4.78, 5) is 8.75. The van der Waals surface area contributed by atoms with Crippen molar-refractivity contribution in [3.05, 3.63) is 102 Å². The summed E-state index contributed by atoms with van der Waals surface area (Å²) in [5.74, 6) is 1.37. The zero-order valence-corrected chi connectivity index (χ0v) is 17.5. The summed E-state index contributed by atoms with van der Waals surface area (Å²) in [6, 6.07) is 22.5. The number of pyridine rings is 2. The number of benzene rings is 2. The minimum absolute atomic E-state index is 0.586. The van der Waals surface area contributed by atoms with Gasteiger partial charge in [0.15, 0.2) is 0 Å². The maximum atomic E-state index is 6.03. The summed E-state index contributed by atoms with van der Waals surface area (Å²) in [7, 11) is 0. The number of aromatic nitrogens is 2. The van der Waals surface area contributed by atoms with E-state index in [0.29, 0.717) is 12.4 Å². The number of anilines is 1. The molecule has 2 aromatic carbocycles. The number of nitrogens with zero attached hydrogens (tertiary/aromatic N) is 2. The van der Waals surface area contributed by atoms with E-state index in [0.717, 1.165) is 22.7 Å². The molecule has 0 aliphatic rings. The van der Waals surface area contributed by atoms with Crippen LogP contribution in [0.5, 0.6) is 11.6 Å². The smallest absolute Gasteiger partial charge is 0.219 e. The number of nitrogens with one attached hydrogen (secondary N) is 1. The Balaban J connectivity index is 1.47. The van der Waals surface area contributed by atoms with Crippen molar-refractivity contribution < 1.29 is 4.74 Å². The van der Waals surface area contributed by atoms with Gasteiger partial charge >= 0.3 is 0 Å². The van der Waals surface area contributed by atoms with Crippen LogP contribution in [0.4, 0.5) is 5.69 Å². The van der Waals surface area contributed by atoms with E-state index in [1.54, 1.807) is 6.20 Å². The molecule has 0 saturated heterocycles. The SMILES string of the molecule is Cc1ccccc1-c1ccc(Oc2ccc(NCc3cccnc3)c(C)n2)cc1C. The summed E-state index contributed by atoms with van der Waals surface area (Å²) < 4.78 is 6.03. The first-order valence-electron chi connectivity index (χ1n) is 10.0. The zero-order valence-electron chi connectivity index (χ0n) is 17.5. The first-order valence-corrected chi connectivity index (χ1v) is 10.0. The van der Waals surface area contributed by atoms with Crippen LogP contribution >= 0.6 is 0 Å². The average molecular weight is 396 g/mol. The molecular formula is C26H25N3O. The molecule has 4 aromatic rings. The van der Waals surface area contributed by atoms with Gasteiger partial charge in [0, 0.05) is 25.0 Å². The number of aryl methyl sites for hydroxylation is 3. The molecule has 0 radical (unpaired) electrons. The highest BCUT2D eigenvalue weighted by Crippen LogP contribution is 2.31. The highest BCUT2D eigenvalue weighted by molar-refractivity contribution is 5.71. The maximum Gasteiger partial charge on any atom is 0.219 e. The van der Waals surface area contributed by atoms with Crippen molar-refractivity contribution in [2.75, 3.05) is 5.32 Å². The van der Waals surface area contributed by atoms with Crippen molar-refractivity contribution >= 4 is 5.69 Å². The van der Waals surface area contributed by atoms with Gasteiger partial charge in [0.2, 0.25) is 5.88 Å². The summed E-state index contributed by atoms with van der Waals surface area (Å²) >= 11 is 0. The molecular weight excluding hydrogens is 370 g/mol. The summed E-state index contributed by atoms with van der Waals surface area (Å²) in [5, 5.41) is 3.40. The molecule has 0 unspecified atom stereocenters. The monoisotopic (exact) mass is 395 g/mol. The topological polar surface area (TPSA) is 47.0 Å². The van der Waals surface area contributed by atoms with Gasteiger partial charge in [0.05, 0.1) is 11.4 Å². The molecule has 0 saturated carbocycles. The second-order valence-electron chi connectivity index (χ2n) is 7.39. The van der Waals surface area contributed by atoms with Gasteiger partial charge in [-0.1, -0.05) is 36.4 Å². The van der Waals surface area contributed by atoms with Crippen LogP contribution in [0.2, 0.25) is 0 Å². The predicted molar refractivity (Wildman–Crippen MR) is 122 cm³/mol. The van der Waals surface area contributed by atoms with Crippen LogP contribution in [-0.4, -0.2) is 9.97 Å². The van der Waals surface area contributed by atoms with E-state index in [2.05, 4.69) is 65.5 Å². The van der Waals surface area contributed by atoms with E-state index in [9.17, 15) is 0 Å². The Morgan fingerprint density at radius 1 is 0.833 bits per heavy atom. The number of ether oxygens (including phenoxy) is 1. The average Bonchev–Trinajstić information content (AvgIpc) is 2.75. The van der Waals surface area contributed by atoms with Crippen molar-refractivity contribution in [1.82, 2.24) is 9.97 Å². The Bertz CT molecular complexity index is 1160. The second-order valence-corrected chi connectivity index (χ2v) is 7.39. The van der Waals surface area contributed by atoms with E-state index in [-0.39, 0.29) is 0 Å². The Hall–Kier alpha value is -3.66. The molecule has 0 fully saturated rings. The summed E-state index contributed by atoms with van der Waals surface area (Å²) in [6.07, 6.45) is 3.63. The largest absolute Gasteiger partial charge is 0.439 e. The highest BCUT2D eigenvalue weighted by atomic mass is 16.5. The normalized spacial score (nSPS) is 10.6. The first-order chi connectivity index (χ1) is 14.6. The standard InChI is InChI=1S/C26H25N3O/c1-18-7-4-5-9-23(18)24-11-10-22(15-19(24)2)30-26-13-12-25(20(3)29-26)28-17-21-8-6-14-27-16-21/h4-16,28H,17H2,1-3H3. The molecule has 2 aromatic heterocycles. The third-order valence-electron chi connectivity index (χ3n) is 5.12. The molecule has 0 aliphatic carbocycles. The van der Waals surface area contributed by atoms with Gasteiger partial charge in [0.25, 0.3) is 0 Å². The second kappa shape index (κ2) is 8.78. The minimum Gasteiger partial charge on any atom is -0.439 e. The van der Waals surface area contributed by atoms with Crippen LogP contribution in [0, 0.1) is 20.8 Å². The molecule has 4 heteroatoms. The van der Waals surface area contributed by atoms with Gasteiger partial charge < -0.3 is 10.1 Å². The van der Waals surface area contributed by atoms with Crippen LogP contribution in [0.15, 0.2) is 79.1 Å². The van der Waals surface area contributed by atoms with Crippen LogP contribution < -0.4 is 10.1 Å². The van der Waals surface area contributed by atoms with Crippen molar-refractivity contribution in [2.45, 2.75) is 27.3 Å². The Morgan fingerprint density at radius 3 is 2.40 bits per heavy atom. The van der Waals surface area contributed by atoms with Crippen molar-refractivity contribution in [3.63, 3.8) is 0 Å². The van der Waals surface area contributed by atoms with E-state index in [1.807, 2.05) is 43.5 Å². The quantitative estimate of drug-likeness (QED) is 0.406. The Morgan fingerprint density at radius 2 is 1.67 bits per heavy atom. The molecule has 0 spiro atoms. The Labute approximate surface area is 177 Å². The van der Waals surface area contributed by atoms with Gasteiger partial charge in [-0.05, 0) is 72.9 Å². The number of rotatable bonds is 6. The van der Waals surface area contributed by atoms with Gasteiger partial charge in [-0.15, -0.1) is 0 Å². The lowest BCUT2D eigenvalue weighted by atomic mass is 9.97. The maximum absolute atomic E-state index is 6.03. The molecule has 4 rings (SSSR count). The third-order valence-corrected chi connectivity index (χ3v) is 5.12. The summed E-state index contributed by atoms with van der Waals surface area (Å²) in [6.45, 7) is 6.93. The van der Waals surface area contributed by atoms with Crippen LogP contribution in [0.25, 0.3) is 11.1 Å². The fourth-order valence-electron chi connectivity index (χ4n) is 3.48. The molecule has 1 N–H and O–H groups in total. The lowest BCUT2D eigenvalue weighted by Gasteiger charge is -2.13. The van der Waals surface area contributed by atoms with Crippen LogP contribution in [-0.2, 0) is 6.54 Å². The van der Waals surface area contributed by atoms with Crippen LogP contribution in [0.3, 0.4) is 0 Å². The molecule has 2 heterocycles. The molecule has 30 heavy (non-hydrogen) atoms. The Kier molecular flexibility index (Phi) is 5.75. The first kappa shape index (κ1) is 19.6. The molecule has 0 amide bonds. The fraction of sp³-hybridized carbons (Fsp3) is 0.154. The lowest BCUT2D eigenvalue weighted by Crippen LogP contribution is -2.03. The minimum atomic E-state index is 0.586. The molecule has 0 atom stereocenters. The molecule has 0 bridgehead atoms. The molecule has 150 valence electrons. The van der Waals surface area contributed by atoms with E-state index in [4.69, 9.17) is 4.74 Å². The van der Waals surface area contributed by atoms with E-state index >= 15 is 0 Å². The zero-order chi connectivity index (χ0) is 20.9. The predicted octanol–water partition coefficient (Wildman–Crippen LogP) is 6.47. The van der Waals surface area contributed by atoms with Gasteiger partial charge in [-0.25, -0.2) is 4.98 Å². The third kappa shape index (κ3) is 4.49. The number of hydrogen-bond donors (Lipinski definition) is 1.